The minimum Gasteiger partial charge on any atom is -0.388 e. The second-order valence-corrected chi connectivity index (χ2v) is 7.17. The smallest absolute Gasteiger partial charge is 0.248 e. The Labute approximate surface area is 142 Å². The van der Waals surface area contributed by atoms with Crippen molar-refractivity contribution in [2.24, 2.45) is 11.8 Å². The van der Waals surface area contributed by atoms with E-state index in [1.807, 2.05) is 44.2 Å². The molecule has 2 amide bonds. The van der Waals surface area contributed by atoms with Crippen molar-refractivity contribution in [2.75, 3.05) is 6.54 Å². The highest BCUT2D eigenvalue weighted by atomic mass is 16.3. The Morgan fingerprint density at radius 2 is 2.00 bits per heavy atom. The van der Waals surface area contributed by atoms with Crippen molar-refractivity contribution >= 4 is 11.8 Å². The molecule has 6 heteroatoms. The van der Waals surface area contributed by atoms with E-state index in [4.69, 9.17) is 0 Å². The van der Waals surface area contributed by atoms with E-state index in [1.165, 1.54) is 0 Å². The van der Waals surface area contributed by atoms with Gasteiger partial charge in [-0.3, -0.25) is 9.59 Å². The van der Waals surface area contributed by atoms with Crippen LogP contribution in [0, 0.1) is 11.8 Å². The highest BCUT2D eigenvalue weighted by molar-refractivity contribution is 5.98. The fourth-order valence-electron chi connectivity index (χ4n) is 3.68. The Morgan fingerprint density at radius 1 is 1.29 bits per heavy atom. The summed E-state index contributed by atoms with van der Waals surface area (Å²) in [5, 5.41) is 19.5. The summed E-state index contributed by atoms with van der Waals surface area (Å²) in [6.07, 6.45) is -0.572. The van der Waals surface area contributed by atoms with Gasteiger partial charge in [0.15, 0.2) is 0 Å². The van der Waals surface area contributed by atoms with Gasteiger partial charge in [0.1, 0.15) is 11.6 Å². The van der Waals surface area contributed by atoms with Crippen molar-refractivity contribution in [2.45, 2.75) is 44.5 Å². The van der Waals surface area contributed by atoms with Gasteiger partial charge in [-0.1, -0.05) is 44.2 Å². The normalized spacial score (nSPS) is 32.4. The lowest BCUT2D eigenvalue weighted by molar-refractivity contribution is -0.129. The van der Waals surface area contributed by atoms with Crippen molar-refractivity contribution in [3.63, 3.8) is 0 Å². The number of carbonyl (C=O) groups is 2. The van der Waals surface area contributed by atoms with Gasteiger partial charge in [0.25, 0.3) is 0 Å². The Bertz CT molecular complexity index is 619. The van der Waals surface area contributed by atoms with Gasteiger partial charge in [-0.2, -0.15) is 0 Å². The molecule has 2 aliphatic heterocycles. The summed E-state index contributed by atoms with van der Waals surface area (Å²) in [6, 6.07) is 9.62. The van der Waals surface area contributed by atoms with Crippen LogP contribution in [-0.4, -0.2) is 41.2 Å². The average Bonchev–Trinajstić information content (AvgIpc) is 3.01. The summed E-state index contributed by atoms with van der Waals surface area (Å²) < 4.78 is 0. The van der Waals surface area contributed by atoms with Crippen LogP contribution >= 0.6 is 0 Å². The van der Waals surface area contributed by atoms with Gasteiger partial charge >= 0.3 is 0 Å². The molecule has 1 aromatic rings. The maximum Gasteiger partial charge on any atom is 0.248 e. The van der Waals surface area contributed by atoms with Crippen LogP contribution in [0.4, 0.5) is 0 Å². The standard InChI is InChI=1S/C18H25N3O3/c1-11(2)14-15(22)18(17(24)20-14)8-13(16(23)21-18)10-19-9-12-6-4-3-5-7-12/h3-7,11,13-15,19,22H,8-10H2,1-2H3,(H,20,24)(H,21,23)/t13-,14-,15+,18-/m0/s1. The Kier molecular flexibility index (Phi) is 4.60. The molecule has 1 spiro atoms. The molecule has 2 aliphatic rings. The van der Waals surface area contributed by atoms with Gasteiger partial charge in [0.2, 0.25) is 11.8 Å². The summed E-state index contributed by atoms with van der Waals surface area (Å²) in [7, 11) is 0. The van der Waals surface area contributed by atoms with E-state index >= 15 is 0 Å². The highest BCUT2D eigenvalue weighted by Gasteiger charge is 2.60. The third kappa shape index (κ3) is 2.91. The predicted octanol–water partition coefficient (Wildman–Crippen LogP) is 0.166. The monoisotopic (exact) mass is 331 g/mol. The topological polar surface area (TPSA) is 90.5 Å². The first kappa shape index (κ1) is 16.9. The lowest BCUT2D eigenvalue weighted by Crippen LogP contribution is -2.55. The van der Waals surface area contributed by atoms with E-state index in [9.17, 15) is 14.7 Å². The lowest BCUT2D eigenvalue weighted by atomic mass is 9.84. The van der Waals surface area contributed by atoms with E-state index < -0.39 is 11.6 Å². The molecular weight excluding hydrogens is 306 g/mol. The Hall–Kier alpha value is -1.92. The van der Waals surface area contributed by atoms with E-state index in [1.54, 1.807) is 0 Å². The quantitative estimate of drug-likeness (QED) is 0.619. The van der Waals surface area contributed by atoms with Crippen LogP contribution in [-0.2, 0) is 16.1 Å². The molecule has 2 fully saturated rings. The average molecular weight is 331 g/mol. The summed E-state index contributed by atoms with van der Waals surface area (Å²) >= 11 is 0. The number of rotatable bonds is 5. The molecule has 4 N–H and O–H groups in total. The minimum absolute atomic E-state index is 0.107. The van der Waals surface area contributed by atoms with Crippen LogP contribution < -0.4 is 16.0 Å². The van der Waals surface area contributed by atoms with Crippen molar-refractivity contribution in [3.05, 3.63) is 35.9 Å². The number of carbonyl (C=O) groups excluding carboxylic acids is 2. The molecule has 0 bridgehead atoms. The first-order valence-electron chi connectivity index (χ1n) is 8.50. The minimum atomic E-state index is -1.18. The van der Waals surface area contributed by atoms with E-state index in [-0.39, 0.29) is 29.7 Å². The van der Waals surface area contributed by atoms with Crippen molar-refractivity contribution < 1.29 is 14.7 Å². The largest absolute Gasteiger partial charge is 0.388 e. The molecule has 0 aromatic heterocycles. The summed E-state index contributed by atoms with van der Waals surface area (Å²) in [5.41, 5.74) is -0.0328. The molecule has 0 aliphatic carbocycles. The number of hydrogen-bond donors (Lipinski definition) is 4. The first-order chi connectivity index (χ1) is 11.4. The SMILES string of the molecule is CC(C)[C@@H]1NC(=O)[C@]2(C[C@@H](CNCc3ccccc3)C(=O)N2)[C@@H]1O. The van der Waals surface area contributed by atoms with Crippen LogP contribution in [0.3, 0.4) is 0 Å². The maximum absolute atomic E-state index is 12.4. The fraction of sp³-hybridized carbons (Fsp3) is 0.556. The fourth-order valence-corrected chi connectivity index (χ4v) is 3.68. The second-order valence-electron chi connectivity index (χ2n) is 7.17. The van der Waals surface area contributed by atoms with Crippen LogP contribution in [0.1, 0.15) is 25.8 Å². The third-order valence-electron chi connectivity index (χ3n) is 5.11. The number of aliphatic hydroxyl groups is 1. The number of aliphatic hydroxyl groups excluding tert-OH is 1. The zero-order chi connectivity index (χ0) is 17.3. The number of benzene rings is 1. The number of amides is 2. The number of nitrogens with one attached hydrogen (secondary N) is 3. The van der Waals surface area contributed by atoms with Gasteiger partial charge in [-0.05, 0) is 17.9 Å². The molecular formula is C18H25N3O3. The van der Waals surface area contributed by atoms with Gasteiger partial charge in [0, 0.05) is 13.1 Å². The third-order valence-corrected chi connectivity index (χ3v) is 5.11. The summed E-state index contributed by atoms with van der Waals surface area (Å²) in [6.45, 7) is 5.04. The predicted molar refractivity (Wildman–Crippen MR) is 89.9 cm³/mol. The summed E-state index contributed by atoms with van der Waals surface area (Å²) in [5.74, 6) is -0.655. The second kappa shape index (κ2) is 6.53. The van der Waals surface area contributed by atoms with Crippen LogP contribution in [0.2, 0.25) is 0 Å². The van der Waals surface area contributed by atoms with E-state index in [2.05, 4.69) is 16.0 Å². The molecule has 0 radical (unpaired) electrons. The van der Waals surface area contributed by atoms with Crippen LogP contribution in [0.5, 0.6) is 0 Å². The van der Waals surface area contributed by atoms with Crippen LogP contribution in [0.25, 0.3) is 0 Å². The van der Waals surface area contributed by atoms with E-state index in [0.29, 0.717) is 19.5 Å². The molecule has 4 atom stereocenters. The Balaban J connectivity index is 1.62. The number of hydrogen-bond acceptors (Lipinski definition) is 4. The van der Waals surface area contributed by atoms with Crippen molar-refractivity contribution in [1.29, 1.82) is 0 Å². The molecule has 2 saturated heterocycles. The molecule has 0 saturated carbocycles. The summed E-state index contributed by atoms with van der Waals surface area (Å²) in [4.78, 5) is 24.7. The lowest BCUT2D eigenvalue weighted by Gasteiger charge is -2.27. The molecule has 0 unspecified atom stereocenters. The van der Waals surface area contributed by atoms with E-state index in [0.717, 1.165) is 5.56 Å². The van der Waals surface area contributed by atoms with Crippen LogP contribution in [0.15, 0.2) is 30.3 Å². The first-order valence-corrected chi connectivity index (χ1v) is 8.50. The van der Waals surface area contributed by atoms with Gasteiger partial charge < -0.3 is 21.1 Å². The molecule has 3 rings (SSSR count). The highest BCUT2D eigenvalue weighted by Crippen LogP contribution is 2.35. The zero-order valence-corrected chi connectivity index (χ0v) is 14.1. The molecule has 1 aromatic carbocycles. The van der Waals surface area contributed by atoms with Crippen molar-refractivity contribution in [3.8, 4) is 0 Å². The Morgan fingerprint density at radius 3 is 2.62 bits per heavy atom. The maximum atomic E-state index is 12.4. The van der Waals surface area contributed by atoms with Gasteiger partial charge in [-0.25, -0.2) is 0 Å². The molecule has 2 heterocycles. The molecule has 130 valence electrons. The van der Waals surface area contributed by atoms with Gasteiger partial charge in [-0.15, -0.1) is 0 Å². The molecule has 6 nitrogen and oxygen atoms in total. The zero-order valence-electron chi connectivity index (χ0n) is 14.1. The van der Waals surface area contributed by atoms with Crippen molar-refractivity contribution in [1.82, 2.24) is 16.0 Å². The molecule has 24 heavy (non-hydrogen) atoms. The van der Waals surface area contributed by atoms with Gasteiger partial charge in [0.05, 0.1) is 12.0 Å².